The Kier molecular flexibility index (Phi) is 6.24. The largest absolute Gasteiger partial charge is 0.375 e. The van der Waals surface area contributed by atoms with Crippen LogP contribution in [0.1, 0.15) is 69.0 Å². The van der Waals surface area contributed by atoms with Gasteiger partial charge >= 0.3 is 0 Å². The number of hydrogen-bond acceptors (Lipinski definition) is 3. The van der Waals surface area contributed by atoms with Crippen LogP contribution in [0.25, 0.3) is 0 Å². The van der Waals surface area contributed by atoms with E-state index in [1.807, 2.05) is 24.5 Å². The number of aromatic nitrogens is 2. The van der Waals surface area contributed by atoms with Gasteiger partial charge in [-0.05, 0) is 68.7 Å². The molecule has 0 aromatic carbocycles. The Bertz CT molecular complexity index is 792. The minimum atomic E-state index is 0.0867. The van der Waals surface area contributed by atoms with E-state index < -0.39 is 0 Å². The third kappa shape index (κ3) is 4.37. The highest BCUT2D eigenvalue weighted by Crippen LogP contribution is 2.50. The number of nitrogens with zero attached hydrogens (tertiary/aromatic N) is 2. The molecule has 1 saturated heterocycles. The van der Waals surface area contributed by atoms with Crippen LogP contribution in [0.5, 0.6) is 0 Å². The maximum atomic E-state index is 6.34. The zero-order valence-corrected chi connectivity index (χ0v) is 17.8. The summed E-state index contributed by atoms with van der Waals surface area (Å²) in [4.78, 5) is 8.95. The highest BCUT2D eigenvalue weighted by Gasteiger charge is 2.48. The lowest BCUT2D eigenvalue weighted by molar-refractivity contribution is -0.104. The molecule has 1 atom stereocenters. The highest BCUT2D eigenvalue weighted by molar-refractivity contribution is 6.41. The van der Waals surface area contributed by atoms with Gasteiger partial charge in [0.25, 0.3) is 0 Å². The quantitative estimate of drug-likeness (QED) is 0.393. The molecule has 2 aromatic rings. The number of aryl methyl sites for hydroxylation is 1. The molecule has 1 unspecified atom stereocenters. The molecule has 150 valence electrons. The van der Waals surface area contributed by atoms with E-state index in [1.165, 1.54) is 31.4 Å². The van der Waals surface area contributed by atoms with Crippen LogP contribution in [-0.2, 0) is 16.6 Å². The van der Waals surface area contributed by atoms with E-state index in [1.54, 1.807) is 0 Å². The van der Waals surface area contributed by atoms with E-state index in [0.717, 1.165) is 50.7 Å². The summed E-state index contributed by atoms with van der Waals surface area (Å²) in [7, 11) is 0. The van der Waals surface area contributed by atoms with Crippen LogP contribution < -0.4 is 0 Å². The molecule has 2 aliphatic rings. The Morgan fingerprint density at radius 1 is 1.04 bits per heavy atom. The molecule has 28 heavy (non-hydrogen) atoms. The number of halogens is 2. The van der Waals surface area contributed by atoms with Crippen LogP contribution in [0, 0.1) is 0 Å². The summed E-state index contributed by atoms with van der Waals surface area (Å²) < 4.78 is 6.34. The fourth-order valence-electron chi connectivity index (χ4n) is 5.19. The van der Waals surface area contributed by atoms with Crippen LogP contribution >= 0.6 is 23.2 Å². The zero-order valence-electron chi connectivity index (χ0n) is 16.3. The van der Waals surface area contributed by atoms with Crippen LogP contribution in [0.2, 0.25) is 10.2 Å². The second kappa shape index (κ2) is 8.69. The summed E-state index contributed by atoms with van der Waals surface area (Å²) in [6.45, 7) is 0.854. The molecule has 0 bridgehead atoms. The van der Waals surface area contributed by atoms with E-state index in [0.29, 0.717) is 10.2 Å². The van der Waals surface area contributed by atoms with Gasteiger partial charge in [0.05, 0.1) is 10.6 Å². The van der Waals surface area contributed by atoms with Gasteiger partial charge in [0, 0.05) is 30.1 Å². The van der Waals surface area contributed by atoms with Crippen molar-refractivity contribution >= 4 is 23.2 Å². The van der Waals surface area contributed by atoms with Crippen LogP contribution in [0.3, 0.4) is 0 Å². The Morgan fingerprint density at radius 2 is 1.89 bits per heavy atom. The molecule has 0 radical (unpaired) electrons. The van der Waals surface area contributed by atoms with Crippen molar-refractivity contribution in [1.29, 1.82) is 0 Å². The normalized spacial score (nSPS) is 23.9. The molecule has 1 aliphatic heterocycles. The number of pyridine rings is 2. The van der Waals surface area contributed by atoms with Gasteiger partial charge in [-0.3, -0.25) is 4.98 Å². The Labute approximate surface area is 177 Å². The van der Waals surface area contributed by atoms with Gasteiger partial charge in [0.2, 0.25) is 0 Å². The SMILES string of the molecule is Clc1cc(CCCCC2(c3ccccn3)CCOC3(CCCC3)C2)cnc1Cl. The molecule has 3 heterocycles. The fraction of sp³-hybridized carbons (Fsp3) is 0.565. The summed E-state index contributed by atoms with van der Waals surface area (Å²) in [6.07, 6.45) is 15.4. The van der Waals surface area contributed by atoms with E-state index >= 15 is 0 Å². The van der Waals surface area contributed by atoms with Crippen molar-refractivity contribution in [3.8, 4) is 0 Å². The van der Waals surface area contributed by atoms with Crippen LogP contribution in [-0.4, -0.2) is 22.2 Å². The van der Waals surface area contributed by atoms with Gasteiger partial charge in [-0.1, -0.05) is 48.5 Å². The highest BCUT2D eigenvalue weighted by atomic mass is 35.5. The van der Waals surface area contributed by atoms with Gasteiger partial charge in [0.1, 0.15) is 5.15 Å². The van der Waals surface area contributed by atoms with Crippen LogP contribution in [0.15, 0.2) is 36.7 Å². The summed E-state index contributed by atoms with van der Waals surface area (Å²) in [5, 5.41) is 0.917. The van der Waals surface area contributed by atoms with E-state index in [2.05, 4.69) is 17.1 Å². The third-order valence-electron chi connectivity index (χ3n) is 6.60. The molecule has 4 rings (SSSR count). The number of hydrogen-bond donors (Lipinski definition) is 0. The van der Waals surface area contributed by atoms with Gasteiger partial charge < -0.3 is 4.74 Å². The molecular formula is C23H28Cl2N2O. The van der Waals surface area contributed by atoms with Crippen LogP contribution in [0.4, 0.5) is 0 Å². The molecule has 1 spiro atoms. The van der Waals surface area contributed by atoms with Crippen molar-refractivity contribution in [2.24, 2.45) is 0 Å². The number of ether oxygens (including phenoxy) is 1. The van der Waals surface area contributed by atoms with Gasteiger partial charge in [-0.2, -0.15) is 0 Å². The second-order valence-electron chi connectivity index (χ2n) is 8.48. The second-order valence-corrected chi connectivity index (χ2v) is 9.25. The monoisotopic (exact) mass is 418 g/mol. The summed E-state index contributed by atoms with van der Waals surface area (Å²) in [5.74, 6) is 0. The summed E-state index contributed by atoms with van der Waals surface area (Å²) >= 11 is 12.0. The van der Waals surface area contributed by atoms with E-state index in [-0.39, 0.29) is 11.0 Å². The molecule has 1 aliphatic carbocycles. The van der Waals surface area contributed by atoms with Gasteiger partial charge in [-0.15, -0.1) is 0 Å². The van der Waals surface area contributed by atoms with E-state index in [9.17, 15) is 0 Å². The standard InChI is InChI=1S/C23H28Cl2N2O/c24-19-15-18(16-27-21(19)25)7-1-3-9-22(20-8-2-6-13-26-20)12-14-28-23(17-22)10-4-5-11-23/h2,6,8,13,15-16H,1,3-5,7,9-12,14,17H2. The molecule has 3 nitrogen and oxygen atoms in total. The minimum absolute atomic E-state index is 0.0867. The first kappa shape index (κ1) is 20.1. The topological polar surface area (TPSA) is 35.0 Å². The maximum Gasteiger partial charge on any atom is 0.147 e. The molecule has 0 amide bonds. The lowest BCUT2D eigenvalue weighted by Gasteiger charge is -2.46. The lowest BCUT2D eigenvalue weighted by atomic mass is 9.67. The predicted octanol–water partition coefficient (Wildman–Crippen LogP) is 6.56. The first-order chi connectivity index (χ1) is 13.6. The van der Waals surface area contributed by atoms with E-state index in [4.69, 9.17) is 32.9 Å². The lowest BCUT2D eigenvalue weighted by Crippen LogP contribution is -2.46. The smallest absolute Gasteiger partial charge is 0.147 e. The van der Waals surface area contributed by atoms with Crippen molar-refractivity contribution in [2.45, 2.75) is 75.2 Å². The zero-order chi connectivity index (χ0) is 19.5. The average molecular weight is 419 g/mol. The molecular weight excluding hydrogens is 391 g/mol. The number of rotatable bonds is 6. The molecule has 5 heteroatoms. The molecule has 1 saturated carbocycles. The Morgan fingerprint density at radius 3 is 2.64 bits per heavy atom. The van der Waals surface area contributed by atoms with Crippen molar-refractivity contribution in [3.05, 3.63) is 58.1 Å². The average Bonchev–Trinajstić information content (AvgIpc) is 3.16. The first-order valence-corrected chi connectivity index (χ1v) is 11.2. The maximum absolute atomic E-state index is 6.34. The summed E-state index contributed by atoms with van der Waals surface area (Å²) in [6, 6.07) is 8.30. The summed E-state index contributed by atoms with van der Waals surface area (Å²) in [5.41, 5.74) is 2.63. The molecule has 0 N–H and O–H groups in total. The van der Waals surface area contributed by atoms with Gasteiger partial charge in [-0.25, -0.2) is 4.98 Å². The van der Waals surface area contributed by atoms with Crippen molar-refractivity contribution in [1.82, 2.24) is 9.97 Å². The third-order valence-corrected chi connectivity index (χ3v) is 7.28. The fourth-order valence-corrected chi connectivity index (χ4v) is 5.48. The Hall–Kier alpha value is -1.16. The number of unbranched alkanes of at least 4 members (excludes halogenated alkanes) is 1. The molecule has 2 aromatic heterocycles. The van der Waals surface area contributed by atoms with Crippen molar-refractivity contribution in [2.75, 3.05) is 6.61 Å². The van der Waals surface area contributed by atoms with Gasteiger partial charge in [0.15, 0.2) is 0 Å². The Balaban J connectivity index is 1.45. The minimum Gasteiger partial charge on any atom is -0.375 e. The van der Waals surface area contributed by atoms with Crippen molar-refractivity contribution < 1.29 is 4.74 Å². The predicted molar refractivity (Wildman–Crippen MR) is 114 cm³/mol. The molecule has 2 fully saturated rings. The van der Waals surface area contributed by atoms with Crippen molar-refractivity contribution in [3.63, 3.8) is 0 Å². The first-order valence-electron chi connectivity index (χ1n) is 10.5.